The fourth-order valence-corrected chi connectivity index (χ4v) is 2.60. The van der Waals surface area contributed by atoms with Crippen LogP contribution in [0.4, 0.5) is 0 Å². The van der Waals surface area contributed by atoms with E-state index in [1.807, 2.05) is 0 Å². The third kappa shape index (κ3) is 3.12. The number of hydrogen-bond acceptors (Lipinski definition) is 2. The molecule has 0 bridgehead atoms. The van der Waals surface area contributed by atoms with Gasteiger partial charge in [-0.3, -0.25) is 0 Å². The van der Waals surface area contributed by atoms with Crippen molar-refractivity contribution in [1.29, 1.82) is 0 Å². The molecule has 0 radical (unpaired) electrons. The van der Waals surface area contributed by atoms with Crippen LogP contribution in [0.3, 0.4) is 0 Å². The van der Waals surface area contributed by atoms with Gasteiger partial charge in [0.15, 0.2) is 0 Å². The van der Waals surface area contributed by atoms with Crippen molar-refractivity contribution in [3.8, 4) is 0 Å². The average Bonchev–Trinajstić information content (AvgIpc) is 2.47. The van der Waals surface area contributed by atoms with E-state index in [4.69, 9.17) is 10.5 Å². The van der Waals surface area contributed by atoms with Crippen molar-refractivity contribution >= 4 is 0 Å². The zero-order valence-electron chi connectivity index (χ0n) is 11.6. The van der Waals surface area contributed by atoms with Crippen molar-refractivity contribution in [1.82, 2.24) is 0 Å². The highest BCUT2D eigenvalue weighted by Crippen LogP contribution is 2.28. The summed E-state index contributed by atoms with van der Waals surface area (Å²) in [6, 6.07) is 8.97. The molecule has 2 nitrogen and oxygen atoms in total. The summed E-state index contributed by atoms with van der Waals surface area (Å²) in [4.78, 5) is 0. The van der Waals surface area contributed by atoms with Gasteiger partial charge in [-0.2, -0.15) is 0 Å². The van der Waals surface area contributed by atoms with Gasteiger partial charge in [0.2, 0.25) is 0 Å². The second-order valence-electron chi connectivity index (χ2n) is 5.48. The van der Waals surface area contributed by atoms with Crippen LogP contribution in [0.15, 0.2) is 24.3 Å². The molecular weight excluding hydrogens is 222 g/mol. The molecule has 0 spiro atoms. The Balaban J connectivity index is 2.03. The molecule has 18 heavy (non-hydrogen) atoms. The number of hydrogen-bond donors (Lipinski definition) is 1. The summed E-state index contributed by atoms with van der Waals surface area (Å²) in [5.41, 5.74) is 9.01. The number of nitrogens with two attached hydrogens (primary N) is 1. The Morgan fingerprint density at radius 1 is 1.28 bits per heavy atom. The third-order valence-electron chi connectivity index (χ3n) is 4.21. The number of rotatable bonds is 4. The molecule has 2 rings (SSSR count). The predicted octanol–water partition coefficient (Wildman–Crippen LogP) is 3.63. The zero-order chi connectivity index (χ0) is 13.0. The fourth-order valence-electron chi connectivity index (χ4n) is 2.60. The van der Waals surface area contributed by atoms with Crippen LogP contribution in [-0.2, 0) is 4.74 Å². The quantitative estimate of drug-likeness (QED) is 0.882. The molecule has 0 saturated carbocycles. The van der Waals surface area contributed by atoms with Crippen LogP contribution in [0, 0.1) is 5.92 Å². The molecule has 1 aliphatic rings. The first-order valence-corrected chi connectivity index (χ1v) is 7.15. The molecule has 1 aromatic carbocycles. The molecule has 1 aliphatic heterocycles. The zero-order valence-corrected chi connectivity index (χ0v) is 11.6. The van der Waals surface area contributed by atoms with E-state index in [1.54, 1.807) is 0 Å². The van der Waals surface area contributed by atoms with Gasteiger partial charge in [-0.15, -0.1) is 0 Å². The first kappa shape index (κ1) is 13.6. The van der Waals surface area contributed by atoms with E-state index in [0.717, 1.165) is 19.6 Å². The van der Waals surface area contributed by atoms with Crippen LogP contribution < -0.4 is 5.73 Å². The van der Waals surface area contributed by atoms with E-state index in [-0.39, 0.29) is 6.04 Å². The maximum atomic E-state index is 6.35. The summed E-state index contributed by atoms with van der Waals surface area (Å²) in [7, 11) is 0. The Hall–Kier alpha value is -0.860. The normalized spacial score (nSPS) is 23.6. The minimum absolute atomic E-state index is 0.122. The fraction of sp³-hybridized carbons (Fsp3) is 0.625. The predicted molar refractivity (Wildman–Crippen MR) is 75.6 cm³/mol. The second kappa shape index (κ2) is 6.35. The third-order valence-corrected chi connectivity index (χ3v) is 4.21. The first-order valence-electron chi connectivity index (χ1n) is 7.15. The van der Waals surface area contributed by atoms with Gasteiger partial charge in [-0.1, -0.05) is 38.1 Å². The Morgan fingerprint density at radius 3 is 2.50 bits per heavy atom. The molecular formula is C16H25NO. The lowest BCUT2D eigenvalue weighted by Gasteiger charge is -2.28. The smallest absolute Gasteiger partial charge is 0.0512 e. The van der Waals surface area contributed by atoms with Gasteiger partial charge in [-0.25, -0.2) is 0 Å². The highest BCUT2D eigenvalue weighted by molar-refractivity contribution is 5.27. The maximum absolute atomic E-state index is 6.35. The summed E-state index contributed by atoms with van der Waals surface area (Å²) < 4.78 is 5.52. The summed E-state index contributed by atoms with van der Waals surface area (Å²) >= 11 is 0. The molecule has 2 N–H and O–H groups in total. The topological polar surface area (TPSA) is 35.2 Å². The van der Waals surface area contributed by atoms with E-state index in [0.29, 0.717) is 11.8 Å². The Morgan fingerprint density at radius 2 is 1.94 bits per heavy atom. The van der Waals surface area contributed by atoms with Gasteiger partial charge in [0.25, 0.3) is 0 Å². The molecule has 3 atom stereocenters. The molecule has 100 valence electrons. The van der Waals surface area contributed by atoms with E-state index in [2.05, 4.69) is 38.1 Å². The molecule has 1 fully saturated rings. The minimum atomic E-state index is 0.122. The summed E-state index contributed by atoms with van der Waals surface area (Å²) in [6.45, 7) is 6.21. The highest BCUT2D eigenvalue weighted by Gasteiger charge is 2.22. The van der Waals surface area contributed by atoms with E-state index < -0.39 is 0 Å². The first-order chi connectivity index (χ1) is 8.72. The van der Waals surface area contributed by atoms with Crippen molar-refractivity contribution < 1.29 is 4.74 Å². The van der Waals surface area contributed by atoms with Gasteiger partial charge in [0.05, 0.1) is 6.61 Å². The minimum Gasteiger partial charge on any atom is -0.381 e. The Kier molecular flexibility index (Phi) is 4.79. The second-order valence-corrected chi connectivity index (χ2v) is 5.48. The van der Waals surface area contributed by atoms with Crippen LogP contribution in [0.25, 0.3) is 0 Å². The molecule has 2 heteroatoms. The van der Waals surface area contributed by atoms with E-state index >= 15 is 0 Å². The monoisotopic (exact) mass is 247 g/mol. The lowest BCUT2D eigenvalue weighted by molar-refractivity contribution is 0.0448. The van der Waals surface area contributed by atoms with Crippen LogP contribution in [-0.4, -0.2) is 13.2 Å². The van der Waals surface area contributed by atoms with Gasteiger partial charge < -0.3 is 10.5 Å². The van der Waals surface area contributed by atoms with Crippen molar-refractivity contribution in [2.45, 2.75) is 45.1 Å². The van der Waals surface area contributed by atoms with Crippen molar-refractivity contribution in [3.63, 3.8) is 0 Å². The van der Waals surface area contributed by atoms with Gasteiger partial charge >= 0.3 is 0 Å². The highest BCUT2D eigenvalue weighted by atomic mass is 16.5. The van der Waals surface area contributed by atoms with Gasteiger partial charge in [0, 0.05) is 18.6 Å². The summed E-state index contributed by atoms with van der Waals surface area (Å²) in [6.07, 6.45) is 3.51. The molecule has 0 aliphatic carbocycles. The molecule has 0 amide bonds. The molecule has 0 aromatic heterocycles. The molecule has 1 aromatic rings. The van der Waals surface area contributed by atoms with Gasteiger partial charge in [-0.05, 0) is 36.3 Å². The standard InChI is InChI=1S/C16H25NO/c1-3-12(2)13-6-8-14(9-7-13)16(17)15-5-4-10-18-11-15/h6-9,12,15-16H,3-5,10-11,17H2,1-2H3. The van der Waals surface area contributed by atoms with Gasteiger partial charge in [0.1, 0.15) is 0 Å². The Bertz CT molecular complexity index is 354. The van der Waals surface area contributed by atoms with Crippen molar-refractivity contribution in [2.75, 3.05) is 13.2 Å². The van der Waals surface area contributed by atoms with Crippen LogP contribution in [0.5, 0.6) is 0 Å². The molecule has 3 unspecified atom stereocenters. The van der Waals surface area contributed by atoms with Crippen molar-refractivity contribution in [2.24, 2.45) is 11.7 Å². The Labute approximate surface area is 111 Å². The van der Waals surface area contributed by atoms with Crippen LogP contribution >= 0.6 is 0 Å². The average molecular weight is 247 g/mol. The number of ether oxygens (including phenoxy) is 1. The lowest BCUT2D eigenvalue weighted by Crippen LogP contribution is -2.29. The number of benzene rings is 1. The largest absolute Gasteiger partial charge is 0.381 e. The summed E-state index contributed by atoms with van der Waals surface area (Å²) in [5, 5.41) is 0. The maximum Gasteiger partial charge on any atom is 0.0512 e. The molecule has 1 heterocycles. The van der Waals surface area contributed by atoms with Crippen molar-refractivity contribution in [3.05, 3.63) is 35.4 Å². The van der Waals surface area contributed by atoms with E-state index in [1.165, 1.54) is 24.0 Å². The lowest BCUT2D eigenvalue weighted by atomic mass is 9.88. The molecule has 1 saturated heterocycles. The SMILES string of the molecule is CCC(C)c1ccc(C(N)C2CCCOC2)cc1. The van der Waals surface area contributed by atoms with E-state index in [9.17, 15) is 0 Å². The van der Waals surface area contributed by atoms with Crippen LogP contribution in [0.2, 0.25) is 0 Å². The van der Waals surface area contributed by atoms with Crippen LogP contribution in [0.1, 0.15) is 56.2 Å². The summed E-state index contributed by atoms with van der Waals surface area (Å²) in [5.74, 6) is 1.11.